The monoisotopic (exact) mass is 690 g/mol. The Labute approximate surface area is 300 Å². The number of esters is 3. The molecule has 1 aromatic carbocycles. The summed E-state index contributed by atoms with van der Waals surface area (Å²) in [5, 5.41) is 0. The fourth-order valence-electron chi connectivity index (χ4n) is 12.3. The van der Waals surface area contributed by atoms with Crippen molar-refractivity contribution in [3.63, 3.8) is 0 Å². The van der Waals surface area contributed by atoms with Gasteiger partial charge in [-0.1, -0.05) is 97.4 Å². The Balaban J connectivity index is 1.41. The van der Waals surface area contributed by atoms with E-state index in [-0.39, 0.29) is 63.9 Å². The van der Waals surface area contributed by atoms with Crippen LogP contribution < -0.4 is 0 Å². The van der Waals surface area contributed by atoms with Gasteiger partial charge in [-0.05, 0) is 90.4 Å². The van der Waals surface area contributed by atoms with Crippen molar-refractivity contribution < 1.29 is 33.3 Å². The van der Waals surface area contributed by atoms with Crippen molar-refractivity contribution in [1.29, 1.82) is 0 Å². The van der Waals surface area contributed by atoms with Crippen molar-refractivity contribution in [2.24, 2.45) is 56.7 Å². The molecule has 1 aliphatic heterocycles. The number of carbonyl (C=O) groups excluding carboxylic acids is 3. The first kappa shape index (κ1) is 37.1. The summed E-state index contributed by atoms with van der Waals surface area (Å²) in [5.74, 6) is 0.317. The van der Waals surface area contributed by atoms with Crippen LogP contribution in [-0.2, 0) is 39.9 Å². The average Bonchev–Trinajstić information content (AvgIpc) is 3.06. The second-order valence-corrected chi connectivity index (χ2v) is 18.1. The molecule has 11 atom stereocenters. The molecule has 6 rings (SSSR count). The molecule has 7 nitrogen and oxygen atoms in total. The molecular formula is C43H62O7. The number of hydrogen-bond acceptors (Lipinski definition) is 7. The zero-order valence-corrected chi connectivity index (χ0v) is 32.1. The van der Waals surface area contributed by atoms with E-state index in [1.807, 2.05) is 37.3 Å². The standard InChI is InChI=1S/C43H62O7/c1-10-14-35(45)50-37-33(49-29(5)44)23-43-26-47-25-40(37,7)34(43)18-17-31-32(43)19-20-42(9)36(38(46)48-24-30-15-12-11-13-16-30)39(6,28(4)27(2)3)21-22-41(31,42)8/h11-13,15-16,19,27-28,31,33-34,36-37H,10,14,17-18,20-26H2,1-9H3/t28-,31+,33-,34+,36-,37+,39-,40-,41-,42+,43+/m1/s1. The smallest absolute Gasteiger partial charge is 0.310 e. The SMILES string of the molecule is CCCC(=O)O[C@H]1[C@H](OC(C)=O)C[C@@]23COC[C@]1(C)[C@@H]2CC[C@H]1C3=CC[C@@]2(C)[C@H](C(=O)OCc3ccccc3)[C@@](C)([C@H](C)C(C)C)CC[C@]12C. The molecule has 50 heavy (non-hydrogen) atoms. The summed E-state index contributed by atoms with van der Waals surface area (Å²) in [6, 6.07) is 10.0. The van der Waals surface area contributed by atoms with Crippen molar-refractivity contribution in [3.05, 3.63) is 47.5 Å². The van der Waals surface area contributed by atoms with Crippen LogP contribution in [0, 0.1) is 56.7 Å². The molecule has 0 unspecified atom stereocenters. The van der Waals surface area contributed by atoms with Crippen LogP contribution in [0.5, 0.6) is 0 Å². The quantitative estimate of drug-likeness (QED) is 0.145. The zero-order valence-electron chi connectivity index (χ0n) is 32.1. The molecule has 1 aromatic rings. The number of hydrogen-bond donors (Lipinski definition) is 0. The van der Waals surface area contributed by atoms with Gasteiger partial charge >= 0.3 is 17.9 Å². The molecule has 4 aliphatic carbocycles. The molecule has 1 saturated heterocycles. The Kier molecular flexibility index (Phi) is 9.93. The molecule has 1 heterocycles. The number of carbonyl (C=O) groups is 3. The molecule has 0 aromatic heterocycles. The molecule has 5 aliphatic rings. The summed E-state index contributed by atoms with van der Waals surface area (Å²) in [7, 11) is 0. The van der Waals surface area contributed by atoms with Gasteiger partial charge in [0.25, 0.3) is 0 Å². The highest BCUT2D eigenvalue weighted by Gasteiger charge is 2.72. The molecule has 3 saturated carbocycles. The van der Waals surface area contributed by atoms with E-state index in [0.717, 1.165) is 37.7 Å². The van der Waals surface area contributed by atoms with E-state index in [0.29, 0.717) is 44.3 Å². The lowest BCUT2D eigenvalue weighted by Crippen LogP contribution is -2.70. The summed E-state index contributed by atoms with van der Waals surface area (Å²) in [4.78, 5) is 40.2. The lowest BCUT2D eigenvalue weighted by molar-refractivity contribution is -0.263. The van der Waals surface area contributed by atoms with Crippen molar-refractivity contribution >= 4 is 17.9 Å². The van der Waals surface area contributed by atoms with E-state index in [2.05, 4.69) is 54.5 Å². The van der Waals surface area contributed by atoms with E-state index >= 15 is 0 Å². The Morgan fingerprint density at radius 1 is 0.940 bits per heavy atom. The number of rotatable bonds is 9. The van der Waals surface area contributed by atoms with Gasteiger partial charge in [0.2, 0.25) is 0 Å². The highest BCUT2D eigenvalue weighted by atomic mass is 16.6. The van der Waals surface area contributed by atoms with Gasteiger partial charge in [-0.2, -0.15) is 0 Å². The first-order valence-electron chi connectivity index (χ1n) is 19.4. The Morgan fingerprint density at radius 3 is 2.32 bits per heavy atom. The van der Waals surface area contributed by atoms with E-state index in [9.17, 15) is 14.4 Å². The largest absolute Gasteiger partial charge is 0.461 e. The van der Waals surface area contributed by atoms with E-state index in [1.54, 1.807) is 0 Å². The lowest BCUT2D eigenvalue weighted by atomic mass is 9.34. The van der Waals surface area contributed by atoms with Crippen LogP contribution in [0.1, 0.15) is 119 Å². The number of benzene rings is 1. The fraction of sp³-hybridized carbons (Fsp3) is 0.744. The predicted molar refractivity (Wildman–Crippen MR) is 193 cm³/mol. The maximum atomic E-state index is 14.7. The van der Waals surface area contributed by atoms with Crippen LogP contribution in [0.3, 0.4) is 0 Å². The first-order chi connectivity index (χ1) is 23.6. The third kappa shape index (κ3) is 5.67. The topological polar surface area (TPSA) is 88.1 Å². The third-order valence-corrected chi connectivity index (χ3v) is 15.3. The molecule has 4 fully saturated rings. The number of ether oxygens (including phenoxy) is 4. The summed E-state index contributed by atoms with van der Waals surface area (Å²) >= 11 is 0. The molecular weight excluding hydrogens is 628 g/mol. The second kappa shape index (κ2) is 13.4. The molecule has 2 bridgehead atoms. The van der Waals surface area contributed by atoms with E-state index < -0.39 is 17.6 Å². The minimum Gasteiger partial charge on any atom is -0.461 e. The van der Waals surface area contributed by atoms with Gasteiger partial charge < -0.3 is 18.9 Å². The van der Waals surface area contributed by atoms with Crippen molar-refractivity contribution in [1.82, 2.24) is 0 Å². The minimum absolute atomic E-state index is 0.0705. The maximum absolute atomic E-state index is 14.7. The average molecular weight is 691 g/mol. The third-order valence-electron chi connectivity index (χ3n) is 15.3. The molecule has 0 N–H and O–H groups in total. The Morgan fingerprint density at radius 2 is 1.66 bits per heavy atom. The summed E-state index contributed by atoms with van der Waals surface area (Å²) in [6.07, 6.45) is 7.76. The maximum Gasteiger partial charge on any atom is 0.310 e. The first-order valence-corrected chi connectivity index (χ1v) is 19.4. The molecule has 0 amide bonds. The number of allylic oxidation sites excluding steroid dienone is 1. The number of fused-ring (bicyclic) bond motifs is 3. The fourth-order valence-corrected chi connectivity index (χ4v) is 12.3. The molecule has 276 valence electrons. The van der Waals surface area contributed by atoms with Gasteiger partial charge in [0.05, 0.1) is 19.1 Å². The van der Waals surface area contributed by atoms with Crippen LogP contribution >= 0.6 is 0 Å². The van der Waals surface area contributed by atoms with Crippen molar-refractivity contribution in [2.45, 2.75) is 132 Å². The van der Waals surface area contributed by atoms with Crippen molar-refractivity contribution in [3.8, 4) is 0 Å². The van der Waals surface area contributed by atoms with Crippen LogP contribution in [0.4, 0.5) is 0 Å². The van der Waals surface area contributed by atoms with Gasteiger partial charge in [0, 0.05) is 24.2 Å². The predicted octanol–water partition coefficient (Wildman–Crippen LogP) is 8.88. The normalized spacial score (nSPS) is 41.1. The second-order valence-electron chi connectivity index (χ2n) is 18.1. The van der Waals surface area contributed by atoms with Crippen molar-refractivity contribution in [2.75, 3.05) is 13.2 Å². The van der Waals surface area contributed by atoms with Crippen LogP contribution in [-0.4, -0.2) is 43.3 Å². The highest BCUT2D eigenvalue weighted by Crippen LogP contribution is 2.75. The van der Waals surface area contributed by atoms with Gasteiger partial charge in [-0.15, -0.1) is 0 Å². The van der Waals surface area contributed by atoms with E-state index in [1.165, 1.54) is 12.5 Å². The van der Waals surface area contributed by atoms with Crippen LogP contribution in [0.25, 0.3) is 0 Å². The molecule has 0 spiro atoms. The summed E-state index contributed by atoms with van der Waals surface area (Å²) in [5.41, 5.74) is 0.911. The van der Waals surface area contributed by atoms with Gasteiger partial charge in [-0.25, -0.2) is 0 Å². The molecule has 0 radical (unpaired) electrons. The Bertz CT molecular complexity index is 1480. The van der Waals surface area contributed by atoms with Crippen LogP contribution in [0.15, 0.2) is 42.0 Å². The molecule has 7 heteroatoms. The zero-order chi connectivity index (χ0) is 36.3. The summed E-state index contributed by atoms with van der Waals surface area (Å²) < 4.78 is 25.2. The summed E-state index contributed by atoms with van der Waals surface area (Å²) in [6.45, 7) is 21.0. The lowest BCUT2D eigenvalue weighted by Gasteiger charge is -2.71. The van der Waals surface area contributed by atoms with Gasteiger partial charge in [0.1, 0.15) is 18.8 Å². The Hall–Kier alpha value is -2.67. The van der Waals surface area contributed by atoms with Gasteiger partial charge in [0.15, 0.2) is 0 Å². The van der Waals surface area contributed by atoms with E-state index in [4.69, 9.17) is 18.9 Å². The van der Waals surface area contributed by atoms with Crippen LogP contribution in [0.2, 0.25) is 0 Å². The van der Waals surface area contributed by atoms with Gasteiger partial charge in [-0.3, -0.25) is 14.4 Å². The highest BCUT2D eigenvalue weighted by molar-refractivity contribution is 5.75. The minimum atomic E-state index is -0.554.